The second kappa shape index (κ2) is 9.09. The Hall–Kier alpha value is -0.900. The minimum atomic E-state index is -0.678. The first-order valence-electron chi connectivity index (χ1n) is 6.85. The molecule has 0 heterocycles. The van der Waals surface area contributed by atoms with E-state index >= 15 is 0 Å². The molecule has 3 N–H and O–H groups in total. The number of aliphatic hydroxyl groups excluding tert-OH is 2. The lowest BCUT2D eigenvalue weighted by molar-refractivity contribution is 0.0914. The van der Waals surface area contributed by atoms with Gasteiger partial charge in [-0.15, -0.1) is 0 Å². The molecule has 0 fully saturated rings. The van der Waals surface area contributed by atoms with E-state index in [0.29, 0.717) is 6.54 Å². The molecule has 0 aliphatic carbocycles. The van der Waals surface area contributed by atoms with Crippen molar-refractivity contribution in [3.8, 4) is 0 Å². The van der Waals surface area contributed by atoms with Crippen LogP contribution < -0.4 is 5.32 Å². The summed E-state index contributed by atoms with van der Waals surface area (Å²) in [7, 11) is 0. The van der Waals surface area contributed by atoms with E-state index in [2.05, 4.69) is 24.4 Å². The van der Waals surface area contributed by atoms with Gasteiger partial charge < -0.3 is 15.5 Å². The topological polar surface area (TPSA) is 52.5 Å². The summed E-state index contributed by atoms with van der Waals surface area (Å²) in [5, 5.41) is 21.6. The molecular weight excluding hydrogens is 226 g/mol. The van der Waals surface area contributed by atoms with Gasteiger partial charge in [-0.25, -0.2) is 0 Å². The number of rotatable bonds is 9. The molecule has 0 amide bonds. The Labute approximate surface area is 110 Å². The molecule has 102 valence electrons. The van der Waals surface area contributed by atoms with Gasteiger partial charge in [0.05, 0.1) is 12.7 Å². The van der Waals surface area contributed by atoms with Crippen molar-refractivity contribution in [1.29, 1.82) is 0 Å². The summed E-state index contributed by atoms with van der Waals surface area (Å²) in [5.74, 6) is 0. The van der Waals surface area contributed by atoms with Gasteiger partial charge in [0.1, 0.15) is 0 Å². The molecule has 0 aromatic heterocycles. The third-order valence-electron chi connectivity index (χ3n) is 3.11. The van der Waals surface area contributed by atoms with Gasteiger partial charge in [-0.1, -0.05) is 56.5 Å². The van der Waals surface area contributed by atoms with E-state index < -0.39 is 6.10 Å². The molecular formula is C15H25NO2. The monoisotopic (exact) mass is 251 g/mol. The molecule has 3 nitrogen and oxygen atoms in total. The van der Waals surface area contributed by atoms with Crippen LogP contribution in [0.1, 0.15) is 44.2 Å². The van der Waals surface area contributed by atoms with E-state index in [0.717, 1.165) is 6.42 Å². The van der Waals surface area contributed by atoms with Crippen LogP contribution in [0.4, 0.5) is 0 Å². The molecule has 2 unspecified atom stereocenters. The summed E-state index contributed by atoms with van der Waals surface area (Å²) in [5.41, 5.74) is 1.25. The lowest BCUT2D eigenvalue weighted by Gasteiger charge is -2.20. The van der Waals surface area contributed by atoms with Gasteiger partial charge in [0, 0.05) is 12.6 Å². The molecule has 1 rings (SSSR count). The smallest absolute Gasteiger partial charge is 0.0895 e. The highest BCUT2D eigenvalue weighted by Crippen LogP contribution is 2.19. The first-order valence-corrected chi connectivity index (χ1v) is 6.85. The quantitative estimate of drug-likeness (QED) is 0.590. The van der Waals surface area contributed by atoms with Crippen LogP contribution in [0.2, 0.25) is 0 Å². The highest BCUT2D eigenvalue weighted by molar-refractivity contribution is 5.18. The van der Waals surface area contributed by atoms with E-state index in [1.165, 1.54) is 24.8 Å². The maximum atomic E-state index is 9.41. The Balaban J connectivity index is 2.52. The third kappa shape index (κ3) is 5.63. The minimum Gasteiger partial charge on any atom is -0.394 e. The summed E-state index contributed by atoms with van der Waals surface area (Å²) < 4.78 is 0. The molecule has 18 heavy (non-hydrogen) atoms. The van der Waals surface area contributed by atoms with Gasteiger partial charge in [0.2, 0.25) is 0 Å². The highest BCUT2D eigenvalue weighted by Gasteiger charge is 2.12. The van der Waals surface area contributed by atoms with E-state index in [4.69, 9.17) is 5.11 Å². The number of aliphatic hydroxyl groups is 2. The predicted octanol–water partition coefficient (Wildman–Crippen LogP) is 2.25. The maximum absolute atomic E-state index is 9.41. The van der Waals surface area contributed by atoms with Gasteiger partial charge in [-0.2, -0.15) is 0 Å². The van der Waals surface area contributed by atoms with Crippen molar-refractivity contribution in [2.75, 3.05) is 13.2 Å². The summed E-state index contributed by atoms with van der Waals surface area (Å²) in [4.78, 5) is 0. The fraction of sp³-hybridized carbons (Fsp3) is 0.600. The fourth-order valence-corrected chi connectivity index (χ4v) is 2.01. The van der Waals surface area contributed by atoms with Crippen molar-refractivity contribution in [3.63, 3.8) is 0 Å². The van der Waals surface area contributed by atoms with E-state index in [-0.39, 0.29) is 12.6 Å². The Morgan fingerprint density at radius 1 is 1.17 bits per heavy atom. The van der Waals surface area contributed by atoms with Crippen LogP contribution in [0.5, 0.6) is 0 Å². The van der Waals surface area contributed by atoms with Crippen LogP contribution in [-0.2, 0) is 0 Å². The number of benzene rings is 1. The number of unbranched alkanes of at least 4 members (excludes halogenated alkanes) is 2. The zero-order valence-corrected chi connectivity index (χ0v) is 11.2. The Kier molecular flexibility index (Phi) is 7.65. The number of hydrogen-bond acceptors (Lipinski definition) is 3. The lowest BCUT2D eigenvalue weighted by Crippen LogP contribution is -2.32. The largest absolute Gasteiger partial charge is 0.394 e. The molecule has 0 saturated heterocycles. The Bertz CT molecular complexity index is 303. The van der Waals surface area contributed by atoms with Crippen molar-refractivity contribution in [2.24, 2.45) is 0 Å². The number of hydrogen-bond donors (Lipinski definition) is 3. The fourth-order valence-electron chi connectivity index (χ4n) is 2.01. The maximum Gasteiger partial charge on any atom is 0.0895 e. The van der Waals surface area contributed by atoms with Crippen LogP contribution in [0.15, 0.2) is 30.3 Å². The van der Waals surface area contributed by atoms with E-state index in [9.17, 15) is 5.11 Å². The molecule has 0 radical (unpaired) electrons. The summed E-state index contributed by atoms with van der Waals surface area (Å²) in [6, 6.07) is 10.6. The summed E-state index contributed by atoms with van der Waals surface area (Å²) >= 11 is 0. The van der Waals surface area contributed by atoms with Crippen molar-refractivity contribution in [3.05, 3.63) is 35.9 Å². The first-order chi connectivity index (χ1) is 8.77. The molecule has 0 spiro atoms. The Morgan fingerprint density at radius 3 is 2.50 bits per heavy atom. The van der Waals surface area contributed by atoms with Gasteiger partial charge in [0.25, 0.3) is 0 Å². The van der Waals surface area contributed by atoms with Crippen molar-refractivity contribution in [1.82, 2.24) is 5.32 Å². The lowest BCUT2D eigenvalue weighted by atomic mass is 10.0. The molecule has 0 saturated carbocycles. The van der Waals surface area contributed by atoms with Gasteiger partial charge >= 0.3 is 0 Å². The second-order valence-corrected chi connectivity index (χ2v) is 4.70. The van der Waals surface area contributed by atoms with Gasteiger partial charge in [-0.3, -0.25) is 0 Å². The SMILES string of the molecule is CCCCCC(NCC(O)CO)c1ccccc1. The predicted molar refractivity (Wildman–Crippen MR) is 74.4 cm³/mol. The third-order valence-corrected chi connectivity index (χ3v) is 3.11. The van der Waals surface area contributed by atoms with Crippen molar-refractivity contribution >= 4 is 0 Å². The van der Waals surface area contributed by atoms with Crippen LogP contribution in [0.25, 0.3) is 0 Å². The molecule has 3 heteroatoms. The van der Waals surface area contributed by atoms with Gasteiger partial charge in [0.15, 0.2) is 0 Å². The molecule has 0 aliphatic rings. The second-order valence-electron chi connectivity index (χ2n) is 4.70. The van der Waals surface area contributed by atoms with Crippen molar-refractivity contribution < 1.29 is 10.2 Å². The highest BCUT2D eigenvalue weighted by atomic mass is 16.3. The van der Waals surface area contributed by atoms with Crippen LogP contribution in [0, 0.1) is 0 Å². The average Bonchev–Trinajstić information content (AvgIpc) is 2.43. The van der Waals surface area contributed by atoms with E-state index in [1.54, 1.807) is 0 Å². The molecule has 2 atom stereocenters. The van der Waals surface area contributed by atoms with Crippen LogP contribution in [0.3, 0.4) is 0 Å². The van der Waals surface area contributed by atoms with Crippen LogP contribution in [-0.4, -0.2) is 29.5 Å². The van der Waals surface area contributed by atoms with Gasteiger partial charge in [-0.05, 0) is 12.0 Å². The van der Waals surface area contributed by atoms with Crippen LogP contribution >= 0.6 is 0 Å². The zero-order valence-electron chi connectivity index (χ0n) is 11.2. The standard InChI is InChI=1S/C15H25NO2/c1-2-3-5-10-15(16-11-14(18)12-17)13-8-6-4-7-9-13/h4,6-9,14-18H,2-3,5,10-12H2,1H3. The number of nitrogens with one attached hydrogen (secondary N) is 1. The molecule has 0 aliphatic heterocycles. The first kappa shape index (κ1) is 15.2. The summed E-state index contributed by atoms with van der Waals surface area (Å²) in [6.07, 6.45) is 4.00. The zero-order chi connectivity index (χ0) is 13.2. The van der Waals surface area contributed by atoms with E-state index in [1.807, 2.05) is 18.2 Å². The molecule has 1 aromatic carbocycles. The average molecular weight is 251 g/mol. The normalized spacial score (nSPS) is 14.4. The molecule has 0 bridgehead atoms. The minimum absolute atomic E-state index is 0.191. The Morgan fingerprint density at radius 2 is 1.89 bits per heavy atom. The summed E-state index contributed by atoms with van der Waals surface area (Å²) in [6.45, 7) is 2.44. The molecule has 1 aromatic rings. The van der Waals surface area contributed by atoms with Crippen molar-refractivity contribution in [2.45, 2.75) is 44.8 Å².